The zero-order valence-corrected chi connectivity index (χ0v) is 19.3. The number of anilines is 1. The summed E-state index contributed by atoms with van der Waals surface area (Å²) >= 11 is 0. The van der Waals surface area contributed by atoms with Crippen molar-refractivity contribution in [2.75, 3.05) is 5.73 Å². The highest BCUT2D eigenvalue weighted by Crippen LogP contribution is 2.30. The molecule has 0 saturated carbocycles. The molecule has 0 amide bonds. The number of allylic oxidation sites excluding steroid dienone is 4. The van der Waals surface area contributed by atoms with Crippen LogP contribution in [0.3, 0.4) is 0 Å². The summed E-state index contributed by atoms with van der Waals surface area (Å²) in [5, 5.41) is 2.33. The molecule has 168 valence electrons. The molecule has 0 atom stereocenters. The first-order chi connectivity index (χ1) is 16.7. The molecule has 0 aromatic heterocycles. The van der Waals surface area contributed by atoms with Crippen molar-refractivity contribution in [3.8, 4) is 16.9 Å². The first-order valence-electron chi connectivity index (χ1n) is 11.9. The Labute approximate surface area is 201 Å². The molecule has 0 bridgehead atoms. The van der Waals surface area contributed by atoms with E-state index in [-0.39, 0.29) is 0 Å². The molecule has 2 nitrogen and oxygen atoms in total. The monoisotopic (exact) mass is 443 g/mol. The summed E-state index contributed by atoms with van der Waals surface area (Å²) in [7, 11) is 0. The van der Waals surface area contributed by atoms with Crippen molar-refractivity contribution in [2.24, 2.45) is 0 Å². The van der Waals surface area contributed by atoms with Gasteiger partial charge >= 0.3 is 0 Å². The minimum Gasteiger partial charge on any atom is -0.455 e. The Morgan fingerprint density at radius 3 is 2.29 bits per heavy atom. The van der Waals surface area contributed by atoms with Crippen LogP contribution in [0.25, 0.3) is 33.2 Å². The predicted molar refractivity (Wildman–Crippen MR) is 145 cm³/mol. The van der Waals surface area contributed by atoms with Gasteiger partial charge in [-0.1, -0.05) is 85.5 Å². The SMILES string of the molecule is C=C(Oc1ccccc1N)c1ccc2cc(-c3ccc(C4=CCCCCC=C4)cc3)ccc2c1. The lowest BCUT2D eigenvalue weighted by molar-refractivity contribution is 0.519. The molecule has 0 saturated heterocycles. The van der Waals surface area contributed by atoms with Gasteiger partial charge in [0.15, 0.2) is 0 Å². The van der Waals surface area contributed by atoms with Crippen molar-refractivity contribution in [1.29, 1.82) is 0 Å². The second-order valence-electron chi connectivity index (χ2n) is 8.76. The van der Waals surface area contributed by atoms with Crippen LogP contribution in [0.1, 0.15) is 36.8 Å². The first-order valence-corrected chi connectivity index (χ1v) is 11.9. The van der Waals surface area contributed by atoms with Gasteiger partial charge in [-0.15, -0.1) is 0 Å². The van der Waals surface area contributed by atoms with Gasteiger partial charge in [0.1, 0.15) is 11.5 Å². The molecule has 0 fully saturated rings. The number of rotatable bonds is 5. The minimum absolute atomic E-state index is 0.581. The molecule has 4 aromatic carbocycles. The minimum atomic E-state index is 0.581. The van der Waals surface area contributed by atoms with E-state index >= 15 is 0 Å². The van der Waals surface area contributed by atoms with E-state index in [4.69, 9.17) is 10.5 Å². The van der Waals surface area contributed by atoms with Crippen LogP contribution in [0.15, 0.2) is 110 Å². The van der Waals surface area contributed by atoms with E-state index in [0.717, 1.165) is 17.4 Å². The Kier molecular flexibility index (Phi) is 6.31. The topological polar surface area (TPSA) is 35.2 Å². The van der Waals surface area contributed by atoms with Crippen LogP contribution in [0.4, 0.5) is 5.69 Å². The zero-order valence-electron chi connectivity index (χ0n) is 19.3. The lowest BCUT2D eigenvalue weighted by Gasteiger charge is -2.12. The van der Waals surface area contributed by atoms with Crippen molar-refractivity contribution in [1.82, 2.24) is 0 Å². The van der Waals surface area contributed by atoms with E-state index in [2.05, 4.69) is 79.4 Å². The Morgan fingerprint density at radius 1 is 0.735 bits per heavy atom. The lowest BCUT2D eigenvalue weighted by Crippen LogP contribution is -1.97. The summed E-state index contributed by atoms with van der Waals surface area (Å²) in [6, 6.07) is 29.2. The molecule has 34 heavy (non-hydrogen) atoms. The van der Waals surface area contributed by atoms with Crippen molar-refractivity contribution in [3.63, 3.8) is 0 Å². The highest BCUT2D eigenvalue weighted by atomic mass is 16.5. The van der Waals surface area contributed by atoms with Crippen LogP contribution in [0.5, 0.6) is 5.75 Å². The van der Waals surface area contributed by atoms with Gasteiger partial charge in [0, 0.05) is 5.56 Å². The summed E-state index contributed by atoms with van der Waals surface area (Å²) in [6.07, 6.45) is 11.8. The second kappa shape index (κ2) is 9.84. The second-order valence-corrected chi connectivity index (χ2v) is 8.76. The number of fused-ring (bicyclic) bond motifs is 1. The summed E-state index contributed by atoms with van der Waals surface area (Å²) in [4.78, 5) is 0. The van der Waals surface area contributed by atoms with Gasteiger partial charge in [-0.2, -0.15) is 0 Å². The van der Waals surface area contributed by atoms with Crippen molar-refractivity contribution in [3.05, 3.63) is 121 Å². The zero-order chi connectivity index (χ0) is 23.3. The molecule has 2 heteroatoms. The van der Waals surface area contributed by atoms with Gasteiger partial charge in [0.05, 0.1) is 5.69 Å². The van der Waals surface area contributed by atoms with E-state index < -0.39 is 0 Å². The van der Waals surface area contributed by atoms with Crippen molar-refractivity contribution >= 4 is 27.8 Å². The van der Waals surface area contributed by atoms with Crippen molar-refractivity contribution < 1.29 is 4.74 Å². The first kappa shape index (κ1) is 21.8. The summed E-state index contributed by atoms with van der Waals surface area (Å²) < 4.78 is 5.92. The Morgan fingerprint density at radius 2 is 1.44 bits per heavy atom. The molecular weight excluding hydrogens is 414 g/mol. The Bertz CT molecular complexity index is 1390. The third-order valence-electron chi connectivity index (χ3n) is 6.35. The fraction of sp³-hybridized carbons (Fsp3) is 0.125. The standard InChI is InChI=1S/C32H29NO/c1-23(34-32-12-8-7-11-31(32)33)27-17-18-30-22-28(19-20-29(30)21-27)26-15-13-25(14-16-26)24-9-5-3-2-4-6-10-24/h5,7-22H,1-4,6,33H2. The van der Waals surface area contributed by atoms with Crippen LogP contribution >= 0.6 is 0 Å². The van der Waals surface area contributed by atoms with Gasteiger partial charge in [-0.25, -0.2) is 0 Å². The summed E-state index contributed by atoms with van der Waals surface area (Å²) in [6.45, 7) is 4.10. The lowest BCUT2D eigenvalue weighted by atomic mass is 9.96. The largest absolute Gasteiger partial charge is 0.455 e. The third kappa shape index (κ3) is 4.82. The van der Waals surface area contributed by atoms with E-state index in [0.29, 0.717) is 17.2 Å². The summed E-state index contributed by atoms with van der Waals surface area (Å²) in [5.41, 5.74) is 12.6. The molecule has 4 aromatic rings. The number of nitrogens with two attached hydrogens (primary N) is 1. The third-order valence-corrected chi connectivity index (χ3v) is 6.35. The maximum absolute atomic E-state index is 6.00. The molecule has 0 aliphatic heterocycles. The Hall–Kier alpha value is -4.04. The van der Waals surface area contributed by atoms with Gasteiger partial charge < -0.3 is 10.5 Å². The molecule has 1 aliphatic rings. The van der Waals surface area contributed by atoms with Crippen LogP contribution in [0, 0.1) is 0 Å². The van der Waals surface area contributed by atoms with E-state index in [1.54, 1.807) is 0 Å². The fourth-order valence-electron chi connectivity index (χ4n) is 4.38. The van der Waals surface area contributed by atoms with E-state index in [1.807, 2.05) is 30.3 Å². The van der Waals surface area contributed by atoms with E-state index in [1.165, 1.54) is 46.9 Å². The van der Waals surface area contributed by atoms with Crippen LogP contribution in [-0.2, 0) is 0 Å². The van der Waals surface area contributed by atoms with E-state index in [9.17, 15) is 0 Å². The molecule has 2 N–H and O–H groups in total. The number of nitrogen functional groups attached to an aromatic ring is 1. The molecular formula is C32H29NO. The van der Waals surface area contributed by atoms with Gasteiger partial charge in [-0.05, 0) is 83.0 Å². The van der Waals surface area contributed by atoms with Crippen LogP contribution < -0.4 is 10.5 Å². The van der Waals surface area contributed by atoms with Crippen molar-refractivity contribution in [2.45, 2.75) is 25.7 Å². The number of para-hydroxylation sites is 2. The van der Waals surface area contributed by atoms with Gasteiger partial charge in [-0.3, -0.25) is 0 Å². The molecule has 0 radical (unpaired) electrons. The molecule has 0 unspecified atom stereocenters. The van der Waals surface area contributed by atoms with Gasteiger partial charge in [0.2, 0.25) is 0 Å². The van der Waals surface area contributed by atoms with Crippen LogP contribution in [-0.4, -0.2) is 0 Å². The number of hydrogen-bond acceptors (Lipinski definition) is 2. The molecule has 0 spiro atoms. The average molecular weight is 444 g/mol. The Balaban J connectivity index is 1.36. The molecule has 0 heterocycles. The molecule has 5 rings (SSSR count). The normalized spacial score (nSPS) is 13.7. The highest BCUT2D eigenvalue weighted by Gasteiger charge is 2.08. The average Bonchev–Trinajstić information content (AvgIpc) is 2.85. The predicted octanol–water partition coefficient (Wildman–Crippen LogP) is 8.65. The highest BCUT2D eigenvalue weighted by molar-refractivity contribution is 5.90. The number of benzene rings is 4. The van der Waals surface area contributed by atoms with Gasteiger partial charge in [0.25, 0.3) is 0 Å². The number of hydrogen-bond donors (Lipinski definition) is 1. The summed E-state index contributed by atoms with van der Waals surface area (Å²) in [5.74, 6) is 1.20. The quantitative estimate of drug-likeness (QED) is 0.247. The smallest absolute Gasteiger partial charge is 0.150 e. The number of ether oxygens (including phenoxy) is 1. The maximum atomic E-state index is 6.00. The maximum Gasteiger partial charge on any atom is 0.150 e. The molecule has 1 aliphatic carbocycles. The fourth-order valence-corrected chi connectivity index (χ4v) is 4.38. The van der Waals surface area contributed by atoms with Crippen LogP contribution in [0.2, 0.25) is 0 Å².